The number of nitrogens with one attached hydrogen (secondary N) is 1. The van der Waals surface area contributed by atoms with Gasteiger partial charge in [0, 0.05) is 18.1 Å². The van der Waals surface area contributed by atoms with Gasteiger partial charge in [-0.15, -0.1) is 36.2 Å². The van der Waals surface area contributed by atoms with Crippen LogP contribution in [0.1, 0.15) is 18.9 Å². The molecule has 3 N–H and O–H groups in total. The number of nitrogens with zero attached hydrogens (tertiary/aromatic N) is 1. The van der Waals surface area contributed by atoms with Gasteiger partial charge in [0.2, 0.25) is 5.91 Å². The number of halogens is 2. The molecule has 0 aliphatic carbocycles. The highest BCUT2D eigenvalue weighted by Gasteiger charge is 2.25. The lowest BCUT2D eigenvalue weighted by Gasteiger charge is -2.20. The van der Waals surface area contributed by atoms with Crippen molar-refractivity contribution in [1.29, 1.82) is 0 Å². The summed E-state index contributed by atoms with van der Waals surface area (Å²) in [5.74, 6) is -0.0322. The van der Waals surface area contributed by atoms with Crippen molar-refractivity contribution >= 4 is 42.1 Å². The molecule has 0 radical (unpaired) electrons. The van der Waals surface area contributed by atoms with Crippen molar-refractivity contribution in [1.82, 2.24) is 10.3 Å². The summed E-state index contributed by atoms with van der Waals surface area (Å²) in [6.45, 7) is 4.48. The molecule has 0 atom stereocenters. The van der Waals surface area contributed by atoms with Crippen LogP contribution in [0.15, 0.2) is 11.6 Å². The average molecular weight is 286 g/mol. The molecule has 0 spiro atoms. The maximum atomic E-state index is 11.6. The van der Waals surface area contributed by atoms with Gasteiger partial charge in [-0.05, 0) is 13.8 Å². The van der Waals surface area contributed by atoms with Crippen molar-refractivity contribution in [2.45, 2.75) is 20.4 Å². The summed E-state index contributed by atoms with van der Waals surface area (Å²) in [7, 11) is 0. The minimum absolute atomic E-state index is 0. The SMILES string of the molecule is CC(C)(CN)C(=O)NCc1nccs1.Cl.Cl. The Balaban J connectivity index is 0. The smallest absolute Gasteiger partial charge is 0.227 e. The summed E-state index contributed by atoms with van der Waals surface area (Å²) in [4.78, 5) is 15.6. The topological polar surface area (TPSA) is 68.0 Å². The van der Waals surface area contributed by atoms with E-state index >= 15 is 0 Å². The number of carbonyl (C=O) groups excluding carboxylic acids is 1. The molecule has 0 aliphatic heterocycles. The van der Waals surface area contributed by atoms with E-state index in [0.29, 0.717) is 13.1 Å². The Morgan fingerprint density at radius 2 is 2.19 bits per heavy atom. The number of thiazole rings is 1. The first kappa shape index (κ1) is 18.0. The highest BCUT2D eigenvalue weighted by molar-refractivity contribution is 7.09. The third kappa shape index (κ3) is 5.12. The van der Waals surface area contributed by atoms with Gasteiger partial charge in [0.15, 0.2) is 0 Å². The van der Waals surface area contributed by atoms with Crippen molar-refractivity contribution in [3.05, 3.63) is 16.6 Å². The van der Waals surface area contributed by atoms with Gasteiger partial charge in [-0.1, -0.05) is 0 Å². The number of nitrogens with two attached hydrogens (primary N) is 1. The molecular formula is C9H17Cl2N3OS. The van der Waals surface area contributed by atoms with Crippen LogP contribution in [-0.2, 0) is 11.3 Å². The average Bonchev–Trinajstić information content (AvgIpc) is 2.66. The molecule has 4 nitrogen and oxygen atoms in total. The summed E-state index contributed by atoms with van der Waals surface area (Å²) in [5, 5.41) is 5.60. The highest BCUT2D eigenvalue weighted by Crippen LogP contribution is 2.13. The lowest BCUT2D eigenvalue weighted by molar-refractivity contribution is -0.129. The maximum Gasteiger partial charge on any atom is 0.227 e. The monoisotopic (exact) mass is 285 g/mol. The second-order valence-electron chi connectivity index (χ2n) is 3.70. The minimum Gasteiger partial charge on any atom is -0.349 e. The van der Waals surface area contributed by atoms with E-state index in [-0.39, 0.29) is 30.7 Å². The summed E-state index contributed by atoms with van der Waals surface area (Å²) < 4.78 is 0. The number of carbonyl (C=O) groups is 1. The Bertz CT molecular complexity index is 304. The van der Waals surface area contributed by atoms with Gasteiger partial charge < -0.3 is 11.1 Å². The first-order valence-electron chi connectivity index (χ1n) is 4.43. The zero-order valence-electron chi connectivity index (χ0n) is 9.23. The summed E-state index contributed by atoms with van der Waals surface area (Å²) in [6, 6.07) is 0. The van der Waals surface area contributed by atoms with Gasteiger partial charge in [-0.25, -0.2) is 4.98 Å². The molecule has 1 amide bonds. The second kappa shape index (κ2) is 7.84. The van der Waals surface area contributed by atoms with Crippen LogP contribution in [0.2, 0.25) is 0 Å². The van der Waals surface area contributed by atoms with Gasteiger partial charge in [0.1, 0.15) is 5.01 Å². The standard InChI is InChI=1S/C9H15N3OS.2ClH/c1-9(2,6-10)8(13)12-5-7-11-3-4-14-7;;/h3-4H,5-6,10H2,1-2H3,(H,12,13);2*1H. The molecule has 0 aromatic carbocycles. The molecule has 94 valence electrons. The van der Waals surface area contributed by atoms with Crippen LogP contribution in [0.3, 0.4) is 0 Å². The number of aromatic nitrogens is 1. The largest absolute Gasteiger partial charge is 0.349 e. The van der Waals surface area contributed by atoms with Crippen molar-refractivity contribution in [2.75, 3.05) is 6.54 Å². The van der Waals surface area contributed by atoms with E-state index in [1.165, 1.54) is 11.3 Å². The number of hydrogen-bond acceptors (Lipinski definition) is 4. The molecule has 16 heavy (non-hydrogen) atoms. The Labute approximate surface area is 112 Å². The molecule has 0 bridgehead atoms. The summed E-state index contributed by atoms with van der Waals surface area (Å²) in [6.07, 6.45) is 1.72. The quantitative estimate of drug-likeness (QED) is 0.883. The predicted octanol–water partition coefficient (Wildman–Crippen LogP) is 1.59. The third-order valence-electron chi connectivity index (χ3n) is 2.01. The molecule has 1 aromatic rings. The lowest BCUT2D eigenvalue weighted by Crippen LogP contribution is -2.41. The Morgan fingerprint density at radius 3 is 2.62 bits per heavy atom. The predicted molar refractivity (Wildman–Crippen MR) is 71.3 cm³/mol. The van der Waals surface area contributed by atoms with Gasteiger partial charge in [-0.2, -0.15) is 0 Å². The fourth-order valence-electron chi connectivity index (χ4n) is 0.828. The van der Waals surface area contributed by atoms with Crippen LogP contribution >= 0.6 is 36.2 Å². The van der Waals surface area contributed by atoms with Gasteiger partial charge in [0.25, 0.3) is 0 Å². The van der Waals surface area contributed by atoms with Gasteiger partial charge in [0.05, 0.1) is 12.0 Å². The molecular weight excluding hydrogens is 269 g/mol. The third-order valence-corrected chi connectivity index (χ3v) is 2.79. The van der Waals surface area contributed by atoms with Crippen molar-refractivity contribution in [3.8, 4) is 0 Å². The maximum absolute atomic E-state index is 11.6. The molecule has 1 rings (SSSR count). The lowest BCUT2D eigenvalue weighted by atomic mass is 9.93. The van der Waals surface area contributed by atoms with E-state index < -0.39 is 5.41 Å². The molecule has 1 aromatic heterocycles. The van der Waals surface area contributed by atoms with E-state index in [0.717, 1.165) is 5.01 Å². The number of rotatable bonds is 4. The number of amides is 1. The fourth-order valence-corrected chi connectivity index (χ4v) is 1.38. The second-order valence-corrected chi connectivity index (χ2v) is 4.68. The fraction of sp³-hybridized carbons (Fsp3) is 0.556. The molecule has 7 heteroatoms. The van der Waals surface area contributed by atoms with E-state index in [1.807, 2.05) is 19.2 Å². The molecule has 0 fully saturated rings. The normalized spacial score (nSPS) is 9.94. The van der Waals surface area contributed by atoms with Crippen molar-refractivity contribution in [3.63, 3.8) is 0 Å². The first-order chi connectivity index (χ1) is 6.56. The van der Waals surface area contributed by atoms with Crippen molar-refractivity contribution < 1.29 is 4.79 Å². The van der Waals surface area contributed by atoms with E-state index in [2.05, 4.69) is 10.3 Å². The zero-order valence-corrected chi connectivity index (χ0v) is 11.7. The van der Waals surface area contributed by atoms with Gasteiger partial charge >= 0.3 is 0 Å². The minimum atomic E-state index is -0.503. The first-order valence-corrected chi connectivity index (χ1v) is 5.31. The number of hydrogen-bond donors (Lipinski definition) is 2. The van der Waals surface area contributed by atoms with Gasteiger partial charge in [-0.3, -0.25) is 4.79 Å². The Morgan fingerprint density at radius 1 is 1.56 bits per heavy atom. The van der Waals surface area contributed by atoms with Crippen LogP contribution in [0.25, 0.3) is 0 Å². The molecule has 1 heterocycles. The Hall–Kier alpha value is -0.360. The van der Waals surface area contributed by atoms with Crippen LogP contribution < -0.4 is 11.1 Å². The van der Waals surface area contributed by atoms with Crippen molar-refractivity contribution in [2.24, 2.45) is 11.1 Å². The molecule has 0 saturated heterocycles. The van der Waals surface area contributed by atoms with E-state index in [1.54, 1.807) is 6.20 Å². The van der Waals surface area contributed by atoms with Crippen LogP contribution in [0, 0.1) is 5.41 Å². The van der Waals surface area contributed by atoms with E-state index in [9.17, 15) is 4.79 Å². The molecule has 0 saturated carbocycles. The van der Waals surface area contributed by atoms with E-state index in [4.69, 9.17) is 5.73 Å². The highest BCUT2D eigenvalue weighted by atomic mass is 35.5. The van der Waals surface area contributed by atoms with Crippen LogP contribution in [0.5, 0.6) is 0 Å². The molecule has 0 unspecified atom stereocenters. The van der Waals surface area contributed by atoms with Crippen LogP contribution in [0.4, 0.5) is 0 Å². The molecule has 0 aliphatic rings. The summed E-state index contributed by atoms with van der Waals surface area (Å²) >= 11 is 1.53. The Kier molecular flexibility index (Phi) is 8.83. The van der Waals surface area contributed by atoms with Crippen LogP contribution in [-0.4, -0.2) is 17.4 Å². The summed E-state index contributed by atoms with van der Waals surface area (Å²) in [5.41, 5.74) is 4.98. The zero-order chi connectivity index (χ0) is 10.6.